The summed E-state index contributed by atoms with van der Waals surface area (Å²) in [4.78, 5) is 14.3. The first kappa shape index (κ1) is 18.4. The number of rotatable bonds is 6. The van der Waals surface area contributed by atoms with Crippen molar-refractivity contribution < 1.29 is 19.0 Å². The molecule has 0 N–H and O–H groups in total. The van der Waals surface area contributed by atoms with E-state index in [9.17, 15) is 4.79 Å². The smallest absolute Gasteiger partial charge is 0.246 e. The van der Waals surface area contributed by atoms with E-state index >= 15 is 0 Å². The topological polar surface area (TPSA) is 48.0 Å². The fourth-order valence-corrected chi connectivity index (χ4v) is 3.78. The van der Waals surface area contributed by atoms with Crippen LogP contribution in [0.3, 0.4) is 0 Å². The first-order valence-electron chi connectivity index (χ1n) is 9.59. The predicted octanol–water partition coefficient (Wildman–Crippen LogP) is 3.35. The molecule has 0 spiro atoms. The van der Waals surface area contributed by atoms with Crippen LogP contribution in [0.25, 0.3) is 6.08 Å². The number of hydrogen-bond acceptors (Lipinski definition) is 4. The van der Waals surface area contributed by atoms with E-state index in [1.807, 2.05) is 41.3 Å². The minimum absolute atomic E-state index is 0.0659. The van der Waals surface area contributed by atoms with Gasteiger partial charge in [-0.1, -0.05) is 6.07 Å². The predicted molar refractivity (Wildman–Crippen MR) is 108 cm³/mol. The Morgan fingerprint density at radius 1 is 1.14 bits per heavy atom. The SMILES string of the molecule is COc1cc(CC2CN(C(=O)/C=C\c3ccc4c(c3)CCO4)C2)cc(OC)c1. The van der Waals surface area contributed by atoms with Crippen molar-refractivity contribution in [2.75, 3.05) is 33.9 Å². The van der Waals surface area contributed by atoms with Crippen LogP contribution in [0.1, 0.15) is 16.7 Å². The van der Waals surface area contributed by atoms with Crippen LogP contribution in [0.4, 0.5) is 0 Å². The molecule has 28 heavy (non-hydrogen) atoms. The van der Waals surface area contributed by atoms with Crippen LogP contribution in [0.15, 0.2) is 42.5 Å². The highest BCUT2D eigenvalue weighted by Crippen LogP contribution is 2.28. The highest BCUT2D eigenvalue weighted by Gasteiger charge is 2.29. The number of carbonyl (C=O) groups excluding carboxylic acids is 1. The van der Waals surface area contributed by atoms with Gasteiger partial charge in [-0.15, -0.1) is 0 Å². The number of nitrogens with zero attached hydrogens (tertiary/aromatic N) is 1. The lowest BCUT2D eigenvalue weighted by molar-refractivity contribution is -0.131. The summed E-state index contributed by atoms with van der Waals surface area (Å²) in [6.07, 6.45) is 5.41. The van der Waals surface area contributed by atoms with Crippen LogP contribution < -0.4 is 14.2 Å². The fraction of sp³-hybridized carbons (Fsp3) is 0.348. The van der Waals surface area contributed by atoms with Crippen LogP contribution in [-0.4, -0.2) is 44.7 Å². The van der Waals surface area contributed by atoms with Crippen molar-refractivity contribution in [2.45, 2.75) is 12.8 Å². The van der Waals surface area contributed by atoms with E-state index in [4.69, 9.17) is 14.2 Å². The molecule has 0 aliphatic carbocycles. The lowest BCUT2D eigenvalue weighted by Gasteiger charge is -2.39. The summed E-state index contributed by atoms with van der Waals surface area (Å²) in [7, 11) is 3.31. The first-order valence-corrected chi connectivity index (χ1v) is 9.59. The van der Waals surface area contributed by atoms with Gasteiger partial charge in [0.15, 0.2) is 0 Å². The molecule has 146 valence electrons. The number of amides is 1. The molecule has 2 aliphatic heterocycles. The van der Waals surface area contributed by atoms with Gasteiger partial charge in [-0.3, -0.25) is 4.79 Å². The summed E-state index contributed by atoms with van der Waals surface area (Å²) in [6, 6.07) is 12.0. The maximum atomic E-state index is 12.4. The normalized spacial score (nSPS) is 15.9. The van der Waals surface area contributed by atoms with Gasteiger partial charge < -0.3 is 19.1 Å². The van der Waals surface area contributed by atoms with Gasteiger partial charge in [0.25, 0.3) is 0 Å². The third kappa shape index (κ3) is 3.98. The number of likely N-dealkylation sites (tertiary alicyclic amines) is 1. The Morgan fingerprint density at radius 3 is 2.61 bits per heavy atom. The van der Waals surface area contributed by atoms with Gasteiger partial charge in [0.2, 0.25) is 5.91 Å². The number of benzene rings is 2. The molecule has 5 nitrogen and oxygen atoms in total. The molecule has 1 amide bonds. The summed E-state index contributed by atoms with van der Waals surface area (Å²) < 4.78 is 16.2. The van der Waals surface area contributed by atoms with Gasteiger partial charge in [-0.25, -0.2) is 0 Å². The highest BCUT2D eigenvalue weighted by molar-refractivity contribution is 5.92. The molecule has 2 aromatic carbocycles. The third-order valence-corrected chi connectivity index (χ3v) is 5.34. The Bertz CT molecular complexity index is 877. The molecule has 5 heteroatoms. The molecule has 2 aliphatic rings. The molecule has 2 heterocycles. The van der Waals surface area contributed by atoms with Crippen molar-refractivity contribution in [1.29, 1.82) is 0 Å². The van der Waals surface area contributed by atoms with Gasteiger partial charge in [0.05, 0.1) is 20.8 Å². The number of hydrogen-bond donors (Lipinski definition) is 0. The van der Waals surface area contributed by atoms with E-state index in [2.05, 4.69) is 6.07 Å². The van der Waals surface area contributed by atoms with Crippen LogP contribution in [0.2, 0.25) is 0 Å². The van der Waals surface area contributed by atoms with Crippen LogP contribution >= 0.6 is 0 Å². The molecule has 0 radical (unpaired) electrons. The van der Waals surface area contributed by atoms with Crippen LogP contribution in [0.5, 0.6) is 17.2 Å². The monoisotopic (exact) mass is 379 g/mol. The van der Waals surface area contributed by atoms with E-state index in [-0.39, 0.29) is 5.91 Å². The van der Waals surface area contributed by atoms with Crippen molar-refractivity contribution >= 4 is 12.0 Å². The zero-order chi connectivity index (χ0) is 19.5. The third-order valence-electron chi connectivity index (χ3n) is 5.34. The molecule has 2 aromatic rings. The minimum atomic E-state index is 0.0659. The molecule has 0 saturated carbocycles. The average molecular weight is 379 g/mol. The van der Waals surface area contributed by atoms with E-state index in [1.54, 1.807) is 20.3 Å². The summed E-state index contributed by atoms with van der Waals surface area (Å²) in [5.41, 5.74) is 3.43. The number of fused-ring (bicyclic) bond motifs is 1. The van der Waals surface area contributed by atoms with Crippen LogP contribution in [0, 0.1) is 5.92 Å². The average Bonchev–Trinajstić information content (AvgIpc) is 3.16. The van der Waals surface area contributed by atoms with Gasteiger partial charge >= 0.3 is 0 Å². The van der Waals surface area contributed by atoms with Crippen molar-refractivity contribution in [3.8, 4) is 17.2 Å². The standard InChI is InChI=1S/C23H25NO4/c1-26-20-11-17(12-21(13-20)27-2)9-18-14-24(15-18)23(25)6-4-16-3-5-22-19(10-16)7-8-28-22/h3-6,10-13,18H,7-9,14-15H2,1-2H3/b6-4-. The highest BCUT2D eigenvalue weighted by atomic mass is 16.5. The summed E-state index contributed by atoms with van der Waals surface area (Å²) in [5, 5.41) is 0. The molecule has 1 fully saturated rings. The Balaban J connectivity index is 1.31. The van der Waals surface area contributed by atoms with E-state index in [0.717, 1.165) is 55.4 Å². The Hall–Kier alpha value is -2.95. The lowest BCUT2D eigenvalue weighted by atomic mass is 9.92. The Morgan fingerprint density at radius 2 is 1.89 bits per heavy atom. The zero-order valence-electron chi connectivity index (χ0n) is 16.3. The molecule has 0 aromatic heterocycles. The number of methoxy groups -OCH3 is 2. The van der Waals surface area contributed by atoms with E-state index < -0.39 is 0 Å². The van der Waals surface area contributed by atoms with Gasteiger partial charge in [-0.05, 0) is 59.4 Å². The summed E-state index contributed by atoms with van der Waals surface area (Å²) >= 11 is 0. The van der Waals surface area contributed by atoms with Gasteiger partial charge in [0, 0.05) is 31.7 Å². The molecular weight excluding hydrogens is 354 g/mol. The van der Waals surface area contributed by atoms with Crippen LogP contribution in [-0.2, 0) is 17.6 Å². The molecular formula is C23H25NO4. The number of ether oxygens (including phenoxy) is 3. The van der Waals surface area contributed by atoms with E-state index in [1.165, 1.54) is 11.1 Å². The minimum Gasteiger partial charge on any atom is -0.497 e. The van der Waals surface area contributed by atoms with Crippen molar-refractivity contribution in [3.05, 3.63) is 59.2 Å². The maximum absolute atomic E-state index is 12.4. The fourth-order valence-electron chi connectivity index (χ4n) is 3.78. The molecule has 0 atom stereocenters. The zero-order valence-corrected chi connectivity index (χ0v) is 16.3. The van der Waals surface area contributed by atoms with Crippen molar-refractivity contribution in [2.24, 2.45) is 5.92 Å². The second kappa shape index (κ2) is 7.97. The van der Waals surface area contributed by atoms with Crippen molar-refractivity contribution in [3.63, 3.8) is 0 Å². The maximum Gasteiger partial charge on any atom is 0.246 e. The second-order valence-corrected chi connectivity index (χ2v) is 7.33. The molecule has 4 rings (SSSR count). The number of carbonyl (C=O) groups is 1. The van der Waals surface area contributed by atoms with E-state index in [0.29, 0.717) is 5.92 Å². The summed E-state index contributed by atoms with van der Waals surface area (Å²) in [6.45, 7) is 2.30. The molecule has 1 saturated heterocycles. The largest absolute Gasteiger partial charge is 0.497 e. The van der Waals surface area contributed by atoms with Gasteiger partial charge in [-0.2, -0.15) is 0 Å². The molecule has 0 unspecified atom stereocenters. The summed E-state index contributed by atoms with van der Waals surface area (Å²) in [5.74, 6) is 3.08. The van der Waals surface area contributed by atoms with Crippen molar-refractivity contribution in [1.82, 2.24) is 4.90 Å². The Labute approximate surface area is 165 Å². The lowest BCUT2D eigenvalue weighted by Crippen LogP contribution is -2.50. The first-order chi connectivity index (χ1) is 13.6. The Kier molecular flexibility index (Phi) is 5.24. The second-order valence-electron chi connectivity index (χ2n) is 7.33. The molecule has 0 bridgehead atoms. The quantitative estimate of drug-likeness (QED) is 0.722. The van der Waals surface area contributed by atoms with Gasteiger partial charge in [0.1, 0.15) is 17.2 Å².